The number of H-pyrrole nitrogens is 1. The van der Waals surface area contributed by atoms with E-state index in [0.29, 0.717) is 16.1 Å². The second-order valence-corrected chi connectivity index (χ2v) is 9.89. The van der Waals surface area contributed by atoms with Crippen LogP contribution in [0.5, 0.6) is 0 Å². The van der Waals surface area contributed by atoms with Gasteiger partial charge >= 0.3 is 0 Å². The standard InChI is InChI=1S/C27H27ClFN3/c1-16(2)24-12-18(13-25(32-24)20-14-30-31-15-20)17-9-19(11-21(28)10-17)22-7-6-8-23(26(22)29)27(3,4)5/h6-16H,1-5H3,(H,30,31). The highest BCUT2D eigenvalue weighted by Gasteiger charge is 2.21. The minimum absolute atomic E-state index is 0.204. The first-order chi connectivity index (χ1) is 15.1. The monoisotopic (exact) mass is 447 g/mol. The van der Waals surface area contributed by atoms with Crippen LogP contribution in [-0.4, -0.2) is 15.2 Å². The largest absolute Gasteiger partial charge is 0.285 e. The number of hydrogen-bond donors (Lipinski definition) is 1. The summed E-state index contributed by atoms with van der Waals surface area (Å²) in [7, 11) is 0. The molecule has 3 nitrogen and oxygen atoms in total. The van der Waals surface area contributed by atoms with Crippen LogP contribution < -0.4 is 0 Å². The van der Waals surface area contributed by atoms with Crippen LogP contribution in [0.2, 0.25) is 5.02 Å². The van der Waals surface area contributed by atoms with E-state index in [0.717, 1.165) is 33.6 Å². The van der Waals surface area contributed by atoms with Gasteiger partial charge in [-0.15, -0.1) is 0 Å². The van der Waals surface area contributed by atoms with Crippen LogP contribution in [0.3, 0.4) is 0 Å². The third kappa shape index (κ3) is 4.46. The molecular weight excluding hydrogens is 421 g/mol. The van der Waals surface area contributed by atoms with Crippen molar-refractivity contribution in [1.29, 1.82) is 0 Å². The Labute approximate surface area is 193 Å². The highest BCUT2D eigenvalue weighted by atomic mass is 35.5. The number of hydrogen-bond acceptors (Lipinski definition) is 2. The lowest BCUT2D eigenvalue weighted by Crippen LogP contribution is -2.14. The minimum Gasteiger partial charge on any atom is -0.285 e. The van der Waals surface area contributed by atoms with Gasteiger partial charge in [-0.1, -0.05) is 64.4 Å². The summed E-state index contributed by atoms with van der Waals surface area (Å²) in [5.41, 5.74) is 6.32. The smallest absolute Gasteiger partial charge is 0.134 e. The van der Waals surface area contributed by atoms with Crippen molar-refractivity contribution in [3.63, 3.8) is 0 Å². The van der Waals surface area contributed by atoms with Gasteiger partial charge in [-0.2, -0.15) is 5.10 Å². The Morgan fingerprint density at radius 2 is 1.66 bits per heavy atom. The van der Waals surface area contributed by atoms with E-state index in [4.69, 9.17) is 16.6 Å². The molecule has 0 unspecified atom stereocenters. The Bertz CT molecular complexity index is 1250. The molecule has 0 saturated heterocycles. The lowest BCUT2D eigenvalue weighted by molar-refractivity contribution is 0.525. The van der Waals surface area contributed by atoms with Gasteiger partial charge in [0.05, 0.1) is 11.9 Å². The number of rotatable bonds is 4. The normalized spacial score (nSPS) is 11.9. The van der Waals surface area contributed by atoms with Gasteiger partial charge in [-0.3, -0.25) is 10.1 Å². The Hall–Kier alpha value is -2.98. The van der Waals surface area contributed by atoms with Gasteiger partial charge in [0.15, 0.2) is 0 Å². The van der Waals surface area contributed by atoms with E-state index in [1.54, 1.807) is 6.20 Å². The van der Waals surface area contributed by atoms with Crippen molar-refractivity contribution in [3.05, 3.63) is 83.0 Å². The molecule has 0 aliphatic rings. The first kappa shape index (κ1) is 22.2. The first-order valence-corrected chi connectivity index (χ1v) is 11.1. The van der Waals surface area contributed by atoms with Crippen molar-refractivity contribution < 1.29 is 4.39 Å². The Morgan fingerprint density at radius 3 is 2.31 bits per heavy atom. The maximum absolute atomic E-state index is 15.5. The molecule has 5 heteroatoms. The summed E-state index contributed by atoms with van der Waals surface area (Å²) >= 11 is 6.52. The molecule has 164 valence electrons. The van der Waals surface area contributed by atoms with Crippen molar-refractivity contribution in [3.8, 4) is 33.5 Å². The predicted molar refractivity (Wildman–Crippen MR) is 130 cm³/mol. The van der Waals surface area contributed by atoms with E-state index in [1.165, 1.54) is 0 Å². The molecular formula is C27H27ClFN3. The fourth-order valence-corrected chi connectivity index (χ4v) is 4.03. The van der Waals surface area contributed by atoms with E-state index < -0.39 is 0 Å². The van der Waals surface area contributed by atoms with Gasteiger partial charge in [-0.25, -0.2) is 4.39 Å². The van der Waals surface area contributed by atoms with Gasteiger partial charge in [0.2, 0.25) is 0 Å². The number of benzene rings is 2. The van der Waals surface area contributed by atoms with Gasteiger partial charge < -0.3 is 0 Å². The molecule has 2 aromatic carbocycles. The quantitative estimate of drug-likeness (QED) is 0.344. The Morgan fingerprint density at radius 1 is 0.938 bits per heavy atom. The number of halogens is 2. The Kier molecular flexibility index (Phi) is 5.91. The van der Waals surface area contributed by atoms with Gasteiger partial charge in [-0.05, 0) is 63.9 Å². The summed E-state index contributed by atoms with van der Waals surface area (Å²) in [5, 5.41) is 7.46. The first-order valence-electron chi connectivity index (χ1n) is 10.7. The Balaban J connectivity index is 1.88. The van der Waals surface area contributed by atoms with E-state index in [-0.39, 0.29) is 17.2 Å². The van der Waals surface area contributed by atoms with Crippen LogP contribution in [0.1, 0.15) is 51.8 Å². The summed E-state index contributed by atoms with van der Waals surface area (Å²) in [4.78, 5) is 4.80. The van der Waals surface area contributed by atoms with Crippen molar-refractivity contribution in [2.45, 2.75) is 46.0 Å². The van der Waals surface area contributed by atoms with Crippen LogP contribution in [0.25, 0.3) is 33.5 Å². The summed E-state index contributed by atoms with van der Waals surface area (Å²) in [5.74, 6) is 0.0464. The zero-order chi connectivity index (χ0) is 23.0. The maximum atomic E-state index is 15.5. The number of aromatic nitrogens is 3. The maximum Gasteiger partial charge on any atom is 0.134 e. The molecule has 32 heavy (non-hydrogen) atoms. The summed E-state index contributed by atoms with van der Waals surface area (Å²) in [6.45, 7) is 10.3. The molecule has 0 fully saturated rings. The predicted octanol–water partition coefficient (Wildman–Crippen LogP) is 8.02. The molecule has 0 saturated carbocycles. The fraction of sp³-hybridized carbons (Fsp3) is 0.259. The zero-order valence-electron chi connectivity index (χ0n) is 19.0. The molecule has 0 amide bonds. The third-order valence-electron chi connectivity index (χ3n) is 5.58. The fourth-order valence-electron chi connectivity index (χ4n) is 3.80. The number of nitrogens with one attached hydrogen (secondary N) is 1. The van der Waals surface area contributed by atoms with Gasteiger partial charge in [0.1, 0.15) is 5.82 Å². The summed E-state index contributed by atoms with van der Waals surface area (Å²) in [6.07, 6.45) is 3.58. The highest BCUT2D eigenvalue weighted by Crippen LogP contribution is 2.36. The second-order valence-electron chi connectivity index (χ2n) is 9.45. The molecule has 0 atom stereocenters. The molecule has 4 rings (SSSR count). The van der Waals surface area contributed by atoms with Crippen LogP contribution in [-0.2, 0) is 5.41 Å². The van der Waals surface area contributed by atoms with Gasteiger partial charge in [0.25, 0.3) is 0 Å². The molecule has 0 bridgehead atoms. The average Bonchev–Trinajstić information content (AvgIpc) is 3.27. The summed E-state index contributed by atoms with van der Waals surface area (Å²) in [6, 6.07) is 15.4. The highest BCUT2D eigenvalue weighted by molar-refractivity contribution is 6.31. The number of aromatic amines is 1. The van der Waals surface area contributed by atoms with Crippen molar-refractivity contribution in [2.24, 2.45) is 0 Å². The molecule has 0 radical (unpaired) electrons. The van der Waals surface area contributed by atoms with E-state index >= 15 is 4.39 Å². The second kappa shape index (κ2) is 8.51. The molecule has 0 spiro atoms. The van der Waals surface area contributed by atoms with Crippen LogP contribution in [0, 0.1) is 5.82 Å². The molecule has 0 aliphatic carbocycles. The molecule has 1 N–H and O–H groups in total. The lowest BCUT2D eigenvalue weighted by Gasteiger charge is -2.21. The van der Waals surface area contributed by atoms with Crippen molar-refractivity contribution >= 4 is 11.6 Å². The van der Waals surface area contributed by atoms with Gasteiger partial charge in [0, 0.05) is 28.0 Å². The molecule has 0 aliphatic heterocycles. The van der Waals surface area contributed by atoms with E-state index in [9.17, 15) is 0 Å². The summed E-state index contributed by atoms with van der Waals surface area (Å²) < 4.78 is 15.5. The molecule has 2 heterocycles. The van der Waals surface area contributed by atoms with E-state index in [2.05, 4.69) is 30.1 Å². The van der Waals surface area contributed by atoms with Crippen LogP contribution in [0.4, 0.5) is 4.39 Å². The lowest BCUT2D eigenvalue weighted by atomic mass is 9.84. The minimum atomic E-state index is -0.293. The van der Waals surface area contributed by atoms with Crippen LogP contribution in [0.15, 0.2) is 60.9 Å². The zero-order valence-corrected chi connectivity index (χ0v) is 19.8. The van der Waals surface area contributed by atoms with E-state index in [1.807, 2.05) is 69.4 Å². The van der Waals surface area contributed by atoms with Crippen LogP contribution >= 0.6 is 11.6 Å². The number of pyridine rings is 1. The average molecular weight is 448 g/mol. The third-order valence-corrected chi connectivity index (χ3v) is 5.80. The van der Waals surface area contributed by atoms with Crippen molar-refractivity contribution in [1.82, 2.24) is 15.2 Å². The number of nitrogens with zero attached hydrogens (tertiary/aromatic N) is 2. The molecule has 4 aromatic rings. The SMILES string of the molecule is CC(C)c1cc(-c2cc(Cl)cc(-c3cccc(C(C)(C)C)c3F)c2)cc(-c2cn[nH]c2)n1. The topological polar surface area (TPSA) is 41.6 Å². The molecule has 2 aromatic heterocycles. The van der Waals surface area contributed by atoms with Crippen molar-refractivity contribution in [2.75, 3.05) is 0 Å².